The Morgan fingerprint density at radius 1 is 1.31 bits per heavy atom. The second-order valence-electron chi connectivity index (χ2n) is 8.39. The van der Waals surface area contributed by atoms with Gasteiger partial charge in [-0.25, -0.2) is 10.2 Å². The number of benzene rings is 1. The molecule has 3 amide bonds. The molecule has 1 unspecified atom stereocenters. The molecule has 1 atom stereocenters. The van der Waals surface area contributed by atoms with Crippen LogP contribution in [0.15, 0.2) is 53.2 Å². The molecule has 2 aliphatic rings. The third-order valence-corrected chi connectivity index (χ3v) is 5.58. The quantitative estimate of drug-likeness (QED) is 0.546. The second-order valence-corrected chi connectivity index (χ2v) is 9.49. The standard InChI is InChI=1S/C23H28N4O4S/c1-23(2,3)31-22(30)24-11-12-32-14-19(28)25-16-8-6-7-15(13-16)20-17-9-4-5-10-18(17)21(29)27-26-20/h4-8,10,13,17H,9,11-12,14H2,1-3H3,(H,24,30)(H,25,28)(H,27,29). The van der Waals surface area contributed by atoms with Crippen molar-refractivity contribution < 1.29 is 19.1 Å². The lowest BCUT2D eigenvalue weighted by atomic mass is 9.83. The molecule has 32 heavy (non-hydrogen) atoms. The number of hydrazone groups is 1. The summed E-state index contributed by atoms with van der Waals surface area (Å²) in [7, 11) is 0. The van der Waals surface area contributed by atoms with Crippen LogP contribution in [0.25, 0.3) is 0 Å². The van der Waals surface area contributed by atoms with Crippen molar-refractivity contribution in [3.05, 3.63) is 53.6 Å². The van der Waals surface area contributed by atoms with Crippen molar-refractivity contribution in [3.8, 4) is 0 Å². The van der Waals surface area contributed by atoms with E-state index in [2.05, 4.69) is 21.2 Å². The summed E-state index contributed by atoms with van der Waals surface area (Å²) in [5.41, 5.74) is 5.02. The summed E-state index contributed by atoms with van der Waals surface area (Å²) in [6.45, 7) is 5.83. The molecule has 1 aromatic rings. The first-order chi connectivity index (χ1) is 15.2. The first kappa shape index (κ1) is 23.6. The van der Waals surface area contributed by atoms with Crippen LogP contribution in [-0.2, 0) is 14.3 Å². The first-order valence-electron chi connectivity index (χ1n) is 10.4. The van der Waals surface area contributed by atoms with Crippen LogP contribution in [0.3, 0.4) is 0 Å². The maximum absolute atomic E-state index is 12.3. The van der Waals surface area contributed by atoms with E-state index in [-0.39, 0.29) is 23.5 Å². The normalized spacial score (nSPS) is 17.5. The molecule has 3 N–H and O–H groups in total. The third-order valence-electron chi connectivity index (χ3n) is 4.62. The van der Waals surface area contributed by atoms with Gasteiger partial charge < -0.3 is 15.4 Å². The van der Waals surface area contributed by atoms with Crippen LogP contribution in [0.2, 0.25) is 0 Å². The Morgan fingerprint density at radius 3 is 2.91 bits per heavy atom. The number of amides is 3. The Hall–Kier alpha value is -3.07. The maximum atomic E-state index is 12.3. The largest absolute Gasteiger partial charge is 0.444 e. The summed E-state index contributed by atoms with van der Waals surface area (Å²) in [5.74, 6) is 0.452. The van der Waals surface area contributed by atoms with E-state index < -0.39 is 11.7 Å². The van der Waals surface area contributed by atoms with Gasteiger partial charge in [0, 0.05) is 35.0 Å². The lowest BCUT2D eigenvalue weighted by Crippen LogP contribution is -2.36. The number of thioether (sulfide) groups is 1. The molecule has 8 nitrogen and oxygen atoms in total. The van der Waals surface area contributed by atoms with Crippen molar-refractivity contribution in [2.45, 2.75) is 32.8 Å². The average Bonchev–Trinajstić information content (AvgIpc) is 2.73. The lowest BCUT2D eigenvalue weighted by Gasteiger charge is -2.26. The van der Waals surface area contributed by atoms with E-state index in [1.54, 1.807) is 20.8 Å². The summed E-state index contributed by atoms with van der Waals surface area (Å²) in [6, 6.07) is 7.44. The number of ether oxygens (including phenoxy) is 1. The average molecular weight is 457 g/mol. The van der Waals surface area contributed by atoms with Gasteiger partial charge >= 0.3 is 6.09 Å². The van der Waals surface area contributed by atoms with Gasteiger partial charge in [0.2, 0.25) is 5.91 Å². The van der Waals surface area contributed by atoms with Crippen molar-refractivity contribution in [3.63, 3.8) is 0 Å². The number of nitrogens with zero attached hydrogens (tertiary/aromatic N) is 1. The van der Waals surface area contributed by atoms with E-state index in [4.69, 9.17) is 4.74 Å². The molecule has 1 aliphatic heterocycles. The zero-order valence-electron chi connectivity index (χ0n) is 18.4. The van der Waals surface area contributed by atoms with Crippen LogP contribution in [0, 0.1) is 5.92 Å². The predicted octanol–water partition coefficient (Wildman–Crippen LogP) is 3.22. The molecule has 9 heteroatoms. The second kappa shape index (κ2) is 10.5. The van der Waals surface area contributed by atoms with Crippen LogP contribution in [0.1, 0.15) is 32.8 Å². The summed E-state index contributed by atoms with van der Waals surface area (Å²) >= 11 is 1.42. The van der Waals surface area contributed by atoms with Gasteiger partial charge in [-0.05, 0) is 39.3 Å². The zero-order valence-corrected chi connectivity index (χ0v) is 19.3. The minimum Gasteiger partial charge on any atom is -0.444 e. The highest BCUT2D eigenvalue weighted by Gasteiger charge is 2.31. The van der Waals surface area contributed by atoms with Gasteiger partial charge in [-0.2, -0.15) is 16.9 Å². The molecule has 0 spiro atoms. The molecule has 170 valence electrons. The SMILES string of the molecule is CC(C)(C)OC(=O)NCCSCC(=O)Nc1cccc(C2=NNC(=O)C3=CC=CCC32)c1. The number of anilines is 1. The minimum absolute atomic E-state index is 0.0901. The van der Waals surface area contributed by atoms with E-state index in [0.717, 1.165) is 11.3 Å². The van der Waals surface area contributed by atoms with Gasteiger partial charge in [0.15, 0.2) is 0 Å². The smallest absolute Gasteiger partial charge is 0.407 e. The van der Waals surface area contributed by atoms with Crippen LogP contribution in [0.5, 0.6) is 0 Å². The summed E-state index contributed by atoms with van der Waals surface area (Å²) in [6.07, 6.45) is 5.96. The fraction of sp³-hybridized carbons (Fsp3) is 0.391. The van der Waals surface area contributed by atoms with Crippen LogP contribution < -0.4 is 16.1 Å². The van der Waals surface area contributed by atoms with Crippen molar-refractivity contribution in [1.82, 2.24) is 10.7 Å². The Bertz CT molecular complexity index is 978. The first-order valence-corrected chi connectivity index (χ1v) is 11.6. The molecule has 0 saturated heterocycles. The Morgan fingerprint density at radius 2 is 2.12 bits per heavy atom. The molecule has 0 bridgehead atoms. The fourth-order valence-electron chi connectivity index (χ4n) is 3.30. The van der Waals surface area contributed by atoms with Gasteiger partial charge in [-0.1, -0.05) is 30.4 Å². The number of hydrogen-bond donors (Lipinski definition) is 3. The number of nitrogens with one attached hydrogen (secondary N) is 3. The Balaban J connectivity index is 1.48. The molecule has 3 rings (SSSR count). The van der Waals surface area contributed by atoms with Crippen molar-refractivity contribution in [2.75, 3.05) is 23.4 Å². The van der Waals surface area contributed by atoms with Crippen LogP contribution in [-0.4, -0.2) is 47.3 Å². The highest BCUT2D eigenvalue weighted by molar-refractivity contribution is 7.99. The lowest BCUT2D eigenvalue weighted by molar-refractivity contribution is -0.118. The fourth-order valence-corrected chi connectivity index (χ4v) is 3.95. The van der Waals surface area contributed by atoms with E-state index in [1.807, 2.05) is 42.5 Å². The van der Waals surface area contributed by atoms with E-state index >= 15 is 0 Å². The monoisotopic (exact) mass is 456 g/mol. The molecule has 1 heterocycles. The van der Waals surface area contributed by atoms with E-state index in [9.17, 15) is 14.4 Å². The highest BCUT2D eigenvalue weighted by Crippen LogP contribution is 2.29. The number of carbonyl (C=O) groups excluding carboxylic acids is 3. The van der Waals surface area contributed by atoms with Crippen LogP contribution in [0.4, 0.5) is 10.5 Å². The number of hydrogen-bond acceptors (Lipinski definition) is 6. The summed E-state index contributed by atoms with van der Waals surface area (Å²) < 4.78 is 5.17. The van der Waals surface area contributed by atoms with Gasteiger partial charge in [-0.3, -0.25) is 9.59 Å². The molecule has 1 aliphatic carbocycles. The van der Waals surface area contributed by atoms with Crippen molar-refractivity contribution in [1.29, 1.82) is 0 Å². The van der Waals surface area contributed by atoms with E-state index in [0.29, 0.717) is 30.0 Å². The summed E-state index contributed by atoms with van der Waals surface area (Å²) in [4.78, 5) is 36.0. The van der Waals surface area contributed by atoms with Crippen molar-refractivity contribution >= 4 is 41.1 Å². The van der Waals surface area contributed by atoms with Gasteiger partial charge in [0.05, 0.1) is 11.5 Å². The Labute approximate surface area is 191 Å². The topological polar surface area (TPSA) is 109 Å². The third kappa shape index (κ3) is 6.71. The molecule has 1 aromatic carbocycles. The molecule has 0 aromatic heterocycles. The number of rotatable bonds is 7. The van der Waals surface area contributed by atoms with Gasteiger partial charge in [0.25, 0.3) is 5.91 Å². The van der Waals surface area contributed by atoms with E-state index in [1.165, 1.54) is 11.8 Å². The van der Waals surface area contributed by atoms with Crippen LogP contribution >= 0.6 is 11.8 Å². The minimum atomic E-state index is -0.536. The number of fused-ring (bicyclic) bond motifs is 1. The highest BCUT2D eigenvalue weighted by atomic mass is 32.2. The predicted molar refractivity (Wildman–Crippen MR) is 127 cm³/mol. The van der Waals surface area contributed by atoms with Gasteiger partial charge in [-0.15, -0.1) is 0 Å². The van der Waals surface area contributed by atoms with Gasteiger partial charge in [0.1, 0.15) is 5.60 Å². The number of allylic oxidation sites excluding steroid dienone is 3. The molecule has 0 radical (unpaired) electrons. The Kier molecular flexibility index (Phi) is 7.74. The number of carbonyl (C=O) groups is 3. The molecular weight excluding hydrogens is 428 g/mol. The summed E-state index contributed by atoms with van der Waals surface area (Å²) in [5, 5.41) is 9.83. The zero-order chi connectivity index (χ0) is 23.1. The molecule has 0 fully saturated rings. The molecule has 0 saturated carbocycles. The number of alkyl carbamates (subject to hydrolysis) is 1. The van der Waals surface area contributed by atoms with Crippen molar-refractivity contribution in [2.24, 2.45) is 11.0 Å². The maximum Gasteiger partial charge on any atom is 0.407 e. The molecular formula is C23H28N4O4S.